The number of nitrogens with one attached hydrogen (secondary N) is 2. The zero-order valence-electron chi connectivity index (χ0n) is 11.4. The Hall–Kier alpha value is -1.39. The van der Waals surface area contributed by atoms with E-state index >= 15 is 0 Å². The third kappa shape index (κ3) is 5.01. The Morgan fingerprint density at radius 3 is 2.74 bits per heavy atom. The summed E-state index contributed by atoms with van der Waals surface area (Å²) in [6.45, 7) is 1.92. The quantitative estimate of drug-likeness (QED) is 0.748. The predicted octanol–water partition coefficient (Wildman–Crippen LogP) is 1.59. The molecule has 0 atom stereocenters. The highest BCUT2D eigenvalue weighted by atomic mass is 16.5. The van der Waals surface area contributed by atoms with E-state index in [0.29, 0.717) is 25.6 Å². The fourth-order valence-electron chi connectivity index (χ4n) is 1.99. The number of hydrogen-bond acceptors (Lipinski definition) is 3. The molecule has 4 heteroatoms. The lowest BCUT2D eigenvalue weighted by molar-refractivity contribution is -0.121. The monoisotopic (exact) mass is 262 g/mol. The van der Waals surface area contributed by atoms with E-state index in [2.05, 4.69) is 10.6 Å². The van der Waals surface area contributed by atoms with Crippen LogP contribution in [0.4, 0.5) is 0 Å². The highest BCUT2D eigenvalue weighted by Gasteiger charge is 2.20. The molecule has 0 heterocycles. The minimum absolute atomic E-state index is 0.0976. The van der Waals surface area contributed by atoms with Crippen LogP contribution in [0.2, 0.25) is 0 Å². The maximum absolute atomic E-state index is 11.7. The van der Waals surface area contributed by atoms with Gasteiger partial charge in [0.15, 0.2) is 0 Å². The van der Waals surface area contributed by atoms with E-state index in [1.807, 2.05) is 24.3 Å². The average molecular weight is 262 g/mol. The maximum Gasteiger partial charge on any atom is 0.221 e. The molecule has 1 aliphatic rings. The van der Waals surface area contributed by atoms with Crippen molar-refractivity contribution in [3.05, 3.63) is 35.4 Å². The van der Waals surface area contributed by atoms with Gasteiger partial charge in [-0.05, 0) is 24.0 Å². The molecule has 0 unspecified atom stereocenters. The Kier molecular flexibility index (Phi) is 5.36. The van der Waals surface area contributed by atoms with Gasteiger partial charge in [0, 0.05) is 32.7 Å². The van der Waals surface area contributed by atoms with Crippen LogP contribution >= 0.6 is 0 Å². The number of methoxy groups -OCH3 is 1. The van der Waals surface area contributed by atoms with Crippen molar-refractivity contribution >= 4 is 5.91 Å². The molecule has 2 rings (SSSR count). The lowest BCUT2D eigenvalue weighted by Gasteiger charge is -2.10. The second kappa shape index (κ2) is 7.26. The van der Waals surface area contributed by atoms with Gasteiger partial charge in [-0.15, -0.1) is 0 Å². The number of ether oxygens (including phenoxy) is 1. The SMILES string of the molecule is COCc1ccccc1CNC(=O)CCNC1CC1. The van der Waals surface area contributed by atoms with E-state index in [1.54, 1.807) is 7.11 Å². The zero-order valence-corrected chi connectivity index (χ0v) is 11.4. The van der Waals surface area contributed by atoms with E-state index in [9.17, 15) is 4.79 Å². The Labute approximate surface area is 114 Å². The smallest absolute Gasteiger partial charge is 0.221 e. The third-order valence-electron chi connectivity index (χ3n) is 3.26. The highest BCUT2D eigenvalue weighted by molar-refractivity contribution is 5.76. The molecule has 2 N–H and O–H groups in total. The third-order valence-corrected chi connectivity index (χ3v) is 3.26. The minimum Gasteiger partial charge on any atom is -0.380 e. The fraction of sp³-hybridized carbons (Fsp3) is 0.533. The summed E-state index contributed by atoms with van der Waals surface area (Å²) in [5.41, 5.74) is 2.24. The molecule has 1 aromatic rings. The molecule has 1 fully saturated rings. The maximum atomic E-state index is 11.7. The van der Waals surface area contributed by atoms with Gasteiger partial charge in [0.05, 0.1) is 6.61 Å². The first-order valence-corrected chi connectivity index (χ1v) is 6.85. The number of carbonyl (C=O) groups excluding carboxylic acids is 1. The van der Waals surface area contributed by atoms with E-state index in [0.717, 1.165) is 17.7 Å². The van der Waals surface area contributed by atoms with Gasteiger partial charge in [-0.2, -0.15) is 0 Å². The van der Waals surface area contributed by atoms with Crippen LogP contribution in [-0.2, 0) is 22.7 Å². The van der Waals surface area contributed by atoms with E-state index < -0.39 is 0 Å². The predicted molar refractivity (Wildman–Crippen MR) is 74.6 cm³/mol. The zero-order chi connectivity index (χ0) is 13.5. The molecule has 0 aromatic heterocycles. The summed E-state index contributed by atoms with van der Waals surface area (Å²) < 4.78 is 5.15. The summed E-state index contributed by atoms with van der Waals surface area (Å²) >= 11 is 0. The average Bonchev–Trinajstić information content (AvgIpc) is 3.22. The number of rotatable bonds is 8. The van der Waals surface area contributed by atoms with Gasteiger partial charge in [-0.3, -0.25) is 4.79 Å². The summed E-state index contributed by atoms with van der Waals surface area (Å²) in [5.74, 6) is 0.0976. The molecule has 104 valence electrons. The van der Waals surface area contributed by atoms with Crippen LogP contribution in [0.15, 0.2) is 24.3 Å². The van der Waals surface area contributed by atoms with Gasteiger partial charge < -0.3 is 15.4 Å². The van der Waals surface area contributed by atoms with Gasteiger partial charge >= 0.3 is 0 Å². The van der Waals surface area contributed by atoms with E-state index in [-0.39, 0.29) is 5.91 Å². The molecule has 0 aliphatic heterocycles. The Bertz CT molecular complexity index is 416. The van der Waals surface area contributed by atoms with Crippen molar-refractivity contribution in [2.45, 2.75) is 38.5 Å². The van der Waals surface area contributed by atoms with Crippen molar-refractivity contribution in [2.24, 2.45) is 0 Å². The van der Waals surface area contributed by atoms with Crippen LogP contribution in [-0.4, -0.2) is 25.6 Å². The summed E-state index contributed by atoms with van der Waals surface area (Å²) in [4.78, 5) is 11.7. The van der Waals surface area contributed by atoms with Gasteiger partial charge in [-0.25, -0.2) is 0 Å². The van der Waals surface area contributed by atoms with Crippen molar-refractivity contribution in [3.8, 4) is 0 Å². The summed E-state index contributed by atoms with van der Waals surface area (Å²) in [5, 5.41) is 6.29. The van der Waals surface area contributed by atoms with Crippen molar-refractivity contribution in [1.29, 1.82) is 0 Å². The summed E-state index contributed by atoms with van der Waals surface area (Å²) in [6, 6.07) is 8.68. The lowest BCUT2D eigenvalue weighted by Crippen LogP contribution is -2.28. The van der Waals surface area contributed by atoms with Crippen LogP contribution in [0, 0.1) is 0 Å². The van der Waals surface area contributed by atoms with Gasteiger partial charge in [0.2, 0.25) is 5.91 Å². The molecule has 0 bridgehead atoms. The standard InChI is InChI=1S/C15H22N2O2/c1-19-11-13-5-3-2-4-12(13)10-17-15(18)8-9-16-14-6-7-14/h2-5,14,16H,6-11H2,1H3,(H,17,18). The second-order valence-corrected chi connectivity index (χ2v) is 4.96. The van der Waals surface area contributed by atoms with Gasteiger partial charge in [0.1, 0.15) is 0 Å². The fourth-order valence-corrected chi connectivity index (χ4v) is 1.99. The number of hydrogen-bond donors (Lipinski definition) is 2. The van der Waals surface area contributed by atoms with E-state index in [4.69, 9.17) is 4.74 Å². The largest absolute Gasteiger partial charge is 0.380 e. The van der Waals surface area contributed by atoms with Gasteiger partial charge in [0.25, 0.3) is 0 Å². The van der Waals surface area contributed by atoms with Crippen molar-refractivity contribution in [2.75, 3.05) is 13.7 Å². The molecule has 0 radical (unpaired) electrons. The summed E-state index contributed by atoms with van der Waals surface area (Å²) in [7, 11) is 1.68. The molecule has 4 nitrogen and oxygen atoms in total. The van der Waals surface area contributed by atoms with Crippen molar-refractivity contribution in [3.63, 3.8) is 0 Å². The first-order valence-electron chi connectivity index (χ1n) is 6.85. The second-order valence-electron chi connectivity index (χ2n) is 4.96. The first-order chi connectivity index (χ1) is 9.29. The topological polar surface area (TPSA) is 50.4 Å². The lowest BCUT2D eigenvalue weighted by atomic mass is 10.1. The molecule has 0 saturated heterocycles. The Morgan fingerprint density at radius 2 is 2.05 bits per heavy atom. The van der Waals surface area contributed by atoms with Crippen LogP contribution in [0.25, 0.3) is 0 Å². The Balaban J connectivity index is 1.72. The molecule has 19 heavy (non-hydrogen) atoms. The number of carbonyl (C=O) groups is 1. The molecular formula is C15H22N2O2. The van der Waals surface area contributed by atoms with Gasteiger partial charge in [-0.1, -0.05) is 24.3 Å². The molecule has 1 amide bonds. The van der Waals surface area contributed by atoms with Crippen LogP contribution in [0.3, 0.4) is 0 Å². The Morgan fingerprint density at radius 1 is 1.32 bits per heavy atom. The molecule has 1 aliphatic carbocycles. The molecule has 1 aromatic carbocycles. The first kappa shape index (κ1) is 14.0. The normalized spacial score (nSPS) is 14.4. The van der Waals surface area contributed by atoms with E-state index in [1.165, 1.54) is 12.8 Å². The molecule has 0 spiro atoms. The molecule has 1 saturated carbocycles. The van der Waals surface area contributed by atoms with Crippen LogP contribution < -0.4 is 10.6 Å². The van der Waals surface area contributed by atoms with Crippen LogP contribution in [0.5, 0.6) is 0 Å². The summed E-state index contributed by atoms with van der Waals surface area (Å²) in [6.07, 6.45) is 3.06. The molecular weight excluding hydrogens is 240 g/mol. The number of amides is 1. The minimum atomic E-state index is 0.0976. The van der Waals surface area contributed by atoms with Crippen LogP contribution in [0.1, 0.15) is 30.4 Å². The number of benzene rings is 1. The van der Waals surface area contributed by atoms with Crippen molar-refractivity contribution in [1.82, 2.24) is 10.6 Å². The van der Waals surface area contributed by atoms with Crippen molar-refractivity contribution < 1.29 is 9.53 Å². The highest BCUT2D eigenvalue weighted by Crippen LogP contribution is 2.18.